The summed E-state index contributed by atoms with van der Waals surface area (Å²) in [5.41, 5.74) is 7.59. The number of rotatable bonds is 3. The topological polar surface area (TPSA) is 51.3 Å². The van der Waals surface area contributed by atoms with E-state index in [9.17, 15) is 0 Å². The lowest BCUT2D eigenvalue weighted by Gasteiger charge is -2.02. The monoisotopic (exact) mass is 213 g/mol. The lowest BCUT2D eigenvalue weighted by atomic mass is 10.2. The number of fused-ring (bicyclic) bond motifs is 1. The molecular weight excluding hydrogens is 198 g/mol. The van der Waals surface area contributed by atoms with Crippen LogP contribution in [0.4, 0.5) is 5.69 Å². The molecule has 1 heterocycles. The van der Waals surface area contributed by atoms with E-state index in [0.29, 0.717) is 5.84 Å². The maximum Gasteiger partial charge on any atom is 0.0997 e. The standard InChI is InChI=1S/C13H15N3/c1-2-5-12(14)16-11-8-3-6-10-7-4-9-15-13(10)11/h3-4,6-9H,2,5H2,1H3,(H2,14,16). The molecule has 2 rings (SSSR count). The van der Waals surface area contributed by atoms with Crippen molar-refractivity contribution in [1.29, 1.82) is 0 Å². The molecule has 2 N–H and O–H groups in total. The largest absolute Gasteiger partial charge is 0.387 e. The van der Waals surface area contributed by atoms with Gasteiger partial charge in [0, 0.05) is 18.0 Å². The molecule has 2 aromatic rings. The van der Waals surface area contributed by atoms with Gasteiger partial charge in [0.2, 0.25) is 0 Å². The molecule has 0 saturated carbocycles. The zero-order valence-corrected chi connectivity index (χ0v) is 9.35. The highest BCUT2D eigenvalue weighted by atomic mass is 14.9. The molecule has 1 aromatic heterocycles. The Kier molecular flexibility index (Phi) is 3.15. The van der Waals surface area contributed by atoms with Crippen molar-refractivity contribution in [2.24, 2.45) is 10.7 Å². The third kappa shape index (κ3) is 2.19. The first-order valence-electron chi connectivity index (χ1n) is 5.48. The summed E-state index contributed by atoms with van der Waals surface area (Å²) in [6.45, 7) is 2.09. The quantitative estimate of drug-likeness (QED) is 0.629. The average Bonchev–Trinajstić information content (AvgIpc) is 2.30. The first-order chi connectivity index (χ1) is 7.81. The third-order valence-electron chi connectivity index (χ3n) is 2.38. The number of pyridine rings is 1. The van der Waals surface area contributed by atoms with Crippen molar-refractivity contribution >= 4 is 22.4 Å². The molecule has 0 spiro atoms. The van der Waals surface area contributed by atoms with Crippen LogP contribution in [0, 0.1) is 0 Å². The lowest BCUT2D eigenvalue weighted by molar-refractivity contribution is 0.983. The number of para-hydroxylation sites is 1. The number of amidine groups is 1. The number of aromatic nitrogens is 1. The van der Waals surface area contributed by atoms with Crippen molar-refractivity contribution in [2.75, 3.05) is 0 Å². The normalized spacial score (nSPS) is 11.9. The molecule has 0 amide bonds. The molecule has 0 unspecified atom stereocenters. The fourth-order valence-corrected chi connectivity index (χ4v) is 1.65. The molecule has 0 radical (unpaired) electrons. The highest BCUT2D eigenvalue weighted by Crippen LogP contribution is 2.23. The van der Waals surface area contributed by atoms with Gasteiger partial charge >= 0.3 is 0 Å². The fraction of sp³-hybridized carbons (Fsp3) is 0.231. The number of hydrogen-bond donors (Lipinski definition) is 1. The van der Waals surface area contributed by atoms with E-state index in [0.717, 1.165) is 29.4 Å². The average molecular weight is 213 g/mol. The van der Waals surface area contributed by atoms with Gasteiger partial charge in [0.05, 0.1) is 17.0 Å². The Morgan fingerprint density at radius 3 is 2.94 bits per heavy atom. The summed E-state index contributed by atoms with van der Waals surface area (Å²) in [5, 5.41) is 1.09. The summed E-state index contributed by atoms with van der Waals surface area (Å²) in [6.07, 6.45) is 3.61. The number of nitrogens with two attached hydrogens (primary N) is 1. The molecule has 82 valence electrons. The molecule has 3 nitrogen and oxygen atoms in total. The Hall–Kier alpha value is -1.90. The second-order valence-corrected chi connectivity index (χ2v) is 3.71. The second kappa shape index (κ2) is 4.75. The first kappa shape index (κ1) is 10.6. The van der Waals surface area contributed by atoms with Gasteiger partial charge < -0.3 is 5.73 Å². The van der Waals surface area contributed by atoms with E-state index in [4.69, 9.17) is 5.73 Å². The van der Waals surface area contributed by atoms with Gasteiger partial charge in [-0.25, -0.2) is 4.99 Å². The van der Waals surface area contributed by atoms with Crippen LogP contribution < -0.4 is 5.73 Å². The number of aliphatic imine (C=N–C) groups is 1. The maximum atomic E-state index is 5.83. The van der Waals surface area contributed by atoms with E-state index in [1.165, 1.54) is 0 Å². The predicted octanol–water partition coefficient (Wildman–Crippen LogP) is 3.02. The molecule has 1 aromatic carbocycles. The molecule has 0 aliphatic carbocycles. The van der Waals surface area contributed by atoms with E-state index in [1.54, 1.807) is 6.20 Å². The fourth-order valence-electron chi connectivity index (χ4n) is 1.65. The Bertz CT molecular complexity index is 512. The second-order valence-electron chi connectivity index (χ2n) is 3.71. The Morgan fingerprint density at radius 2 is 2.12 bits per heavy atom. The first-order valence-corrected chi connectivity index (χ1v) is 5.48. The molecule has 3 heteroatoms. The van der Waals surface area contributed by atoms with Crippen LogP contribution in [-0.2, 0) is 0 Å². The summed E-state index contributed by atoms with van der Waals surface area (Å²) < 4.78 is 0. The van der Waals surface area contributed by atoms with Crippen molar-refractivity contribution < 1.29 is 0 Å². The van der Waals surface area contributed by atoms with Crippen molar-refractivity contribution in [3.05, 3.63) is 36.5 Å². The predicted molar refractivity (Wildman–Crippen MR) is 67.9 cm³/mol. The summed E-state index contributed by atoms with van der Waals surface area (Å²) >= 11 is 0. The SMILES string of the molecule is CCCC(N)=Nc1cccc2cccnc12. The molecule has 0 saturated heterocycles. The van der Waals surface area contributed by atoms with Crippen LogP contribution in [-0.4, -0.2) is 10.8 Å². The zero-order valence-electron chi connectivity index (χ0n) is 9.35. The minimum absolute atomic E-state index is 0.667. The highest BCUT2D eigenvalue weighted by molar-refractivity contribution is 5.93. The van der Waals surface area contributed by atoms with Crippen LogP contribution in [0.5, 0.6) is 0 Å². The van der Waals surface area contributed by atoms with E-state index < -0.39 is 0 Å². The van der Waals surface area contributed by atoms with E-state index in [1.807, 2.05) is 30.3 Å². The van der Waals surface area contributed by atoms with Gasteiger partial charge in [-0.15, -0.1) is 0 Å². The van der Waals surface area contributed by atoms with Crippen LogP contribution in [0.1, 0.15) is 19.8 Å². The van der Waals surface area contributed by atoms with Gasteiger partial charge in [-0.05, 0) is 18.6 Å². The van der Waals surface area contributed by atoms with E-state index in [2.05, 4.69) is 16.9 Å². The van der Waals surface area contributed by atoms with E-state index in [-0.39, 0.29) is 0 Å². The Labute approximate surface area is 95.0 Å². The van der Waals surface area contributed by atoms with Gasteiger partial charge in [0.15, 0.2) is 0 Å². The van der Waals surface area contributed by atoms with Crippen LogP contribution in [0.15, 0.2) is 41.5 Å². The van der Waals surface area contributed by atoms with Crippen LogP contribution in [0.2, 0.25) is 0 Å². The van der Waals surface area contributed by atoms with Gasteiger partial charge in [0.1, 0.15) is 0 Å². The van der Waals surface area contributed by atoms with Gasteiger partial charge in [0.25, 0.3) is 0 Å². The summed E-state index contributed by atoms with van der Waals surface area (Å²) in [6, 6.07) is 9.89. The maximum absolute atomic E-state index is 5.83. The lowest BCUT2D eigenvalue weighted by Crippen LogP contribution is -2.09. The number of nitrogens with zero attached hydrogens (tertiary/aromatic N) is 2. The van der Waals surface area contributed by atoms with Crippen LogP contribution >= 0.6 is 0 Å². The van der Waals surface area contributed by atoms with Crippen LogP contribution in [0.25, 0.3) is 10.9 Å². The van der Waals surface area contributed by atoms with Crippen molar-refractivity contribution in [3.8, 4) is 0 Å². The summed E-state index contributed by atoms with van der Waals surface area (Å²) in [7, 11) is 0. The van der Waals surface area contributed by atoms with Crippen molar-refractivity contribution in [3.63, 3.8) is 0 Å². The molecule has 0 bridgehead atoms. The minimum Gasteiger partial charge on any atom is -0.387 e. The van der Waals surface area contributed by atoms with Crippen LogP contribution in [0.3, 0.4) is 0 Å². The van der Waals surface area contributed by atoms with Gasteiger partial charge in [-0.3, -0.25) is 4.98 Å². The number of benzene rings is 1. The summed E-state index contributed by atoms with van der Waals surface area (Å²) in [4.78, 5) is 8.74. The minimum atomic E-state index is 0.667. The highest BCUT2D eigenvalue weighted by Gasteiger charge is 2.00. The zero-order chi connectivity index (χ0) is 11.4. The smallest absolute Gasteiger partial charge is 0.0997 e. The summed E-state index contributed by atoms with van der Waals surface area (Å²) in [5.74, 6) is 0.667. The van der Waals surface area contributed by atoms with Gasteiger partial charge in [-0.2, -0.15) is 0 Å². The molecular formula is C13H15N3. The number of hydrogen-bond acceptors (Lipinski definition) is 2. The Morgan fingerprint density at radius 1 is 1.31 bits per heavy atom. The van der Waals surface area contributed by atoms with E-state index >= 15 is 0 Å². The molecule has 0 atom stereocenters. The molecule has 16 heavy (non-hydrogen) atoms. The van der Waals surface area contributed by atoms with Crippen molar-refractivity contribution in [2.45, 2.75) is 19.8 Å². The van der Waals surface area contributed by atoms with Gasteiger partial charge in [-0.1, -0.05) is 25.1 Å². The third-order valence-corrected chi connectivity index (χ3v) is 2.38. The molecule has 0 aliphatic heterocycles. The van der Waals surface area contributed by atoms with Crippen molar-refractivity contribution in [1.82, 2.24) is 4.98 Å². The molecule has 0 fully saturated rings. The Balaban J connectivity index is 2.48. The molecule has 0 aliphatic rings.